The van der Waals surface area contributed by atoms with Gasteiger partial charge in [0.1, 0.15) is 5.75 Å². The van der Waals surface area contributed by atoms with Crippen molar-refractivity contribution in [1.82, 2.24) is 0 Å². The number of ether oxygens (including phenoxy) is 1. The number of halogens is 2. The van der Waals surface area contributed by atoms with Gasteiger partial charge in [-0.3, -0.25) is 5.73 Å². The fourth-order valence-corrected chi connectivity index (χ4v) is 2.47. The van der Waals surface area contributed by atoms with Gasteiger partial charge < -0.3 is 4.74 Å². The summed E-state index contributed by atoms with van der Waals surface area (Å²) in [4.78, 5) is 0. The predicted octanol–water partition coefficient (Wildman–Crippen LogP) is 5.23. The molecule has 0 bridgehead atoms. The van der Waals surface area contributed by atoms with E-state index in [9.17, 15) is 0 Å². The third kappa shape index (κ3) is 3.54. The molecule has 0 aliphatic rings. The molecule has 0 aliphatic heterocycles. The summed E-state index contributed by atoms with van der Waals surface area (Å²) in [5, 5.41) is 0.720. The monoisotopic (exact) mass is 353 g/mol. The quantitative estimate of drug-likeness (QED) is 0.763. The Morgan fingerprint density at radius 1 is 1.20 bits per heavy atom. The molecule has 0 fully saturated rings. The second-order valence-corrected chi connectivity index (χ2v) is 6.12. The van der Waals surface area contributed by atoms with E-state index in [-0.39, 0.29) is 0 Å². The zero-order valence-corrected chi connectivity index (χ0v) is 13.8. The largest absolute Gasteiger partial charge is 0.472 e. The van der Waals surface area contributed by atoms with Crippen molar-refractivity contribution in [2.45, 2.75) is 26.0 Å². The van der Waals surface area contributed by atoms with Crippen molar-refractivity contribution in [3.63, 3.8) is 0 Å². The molecule has 2 rings (SSSR count). The van der Waals surface area contributed by atoms with Gasteiger partial charge in [-0.1, -0.05) is 42.8 Å². The predicted molar refractivity (Wildman–Crippen MR) is 88.1 cm³/mol. The molecule has 0 aromatic heterocycles. The molecule has 0 aliphatic carbocycles. The number of nitrogens with two attached hydrogens (primary N) is 1. The topological polar surface area (TPSA) is 35.2 Å². The SMILES string of the molecule is CCC(C)(N)Oc1cccc(-c2ccc(Cl)cc2)c1Br. The van der Waals surface area contributed by atoms with E-state index in [0.717, 1.165) is 32.8 Å². The molecule has 0 radical (unpaired) electrons. The lowest BCUT2D eigenvalue weighted by Crippen LogP contribution is -2.41. The van der Waals surface area contributed by atoms with Gasteiger partial charge >= 0.3 is 0 Å². The Balaban J connectivity index is 2.39. The summed E-state index contributed by atoms with van der Waals surface area (Å²) in [5.41, 5.74) is 7.50. The average molecular weight is 355 g/mol. The molecule has 2 nitrogen and oxygen atoms in total. The first kappa shape index (κ1) is 15.4. The van der Waals surface area contributed by atoms with E-state index in [0.29, 0.717) is 0 Å². The first-order chi connectivity index (χ1) is 9.43. The molecule has 0 heterocycles. The van der Waals surface area contributed by atoms with Crippen LogP contribution in [0, 0.1) is 0 Å². The molecular formula is C16H17BrClNO. The zero-order valence-electron chi connectivity index (χ0n) is 11.5. The lowest BCUT2D eigenvalue weighted by Gasteiger charge is -2.25. The van der Waals surface area contributed by atoms with Gasteiger partial charge in [-0.15, -0.1) is 0 Å². The maximum absolute atomic E-state index is 6.07. The highest BCUT2D eigenvalue weighted by Gasteiger charge is 2.19. The highest BCUT2D eigenvalue weighted by atomic mass is 79.9. The van der Waals surface area contributed by atoms with Crippen LogP contribution in [0.2, 0.25) is 5.02 Å². The van der Waals surface area contributed by atoms with Crippen molar-refractivity contribution in [2.75, 3.05) is 0 Å². The van der Waals surface area contributed by atoms with Crippen LogP contribution in [0.25, 0.3) is 11.1 Å². The molecule has 20 heavy (non-hydrogen) atoms. The molecule has 2 aromatic rings. The molecule has 0 saturated carbocycles. The van der Waals surface area contributed by atoms with Crippen molar-refractivity contribution in [3.05, 3.63) is 52.0 Å². The third-order valence-corrected chi connectivity index (χ3v) is 4.23. The Hall–Kier alpha value is -1.03. The fourth-order valence-electron chi connectivity index (χ4n) is 1.77. The van der Waals surface area contributed by atoms with Gasteiger partial charge in [0.05, 0.1) is 4.47 Å². The lowest BCUT2D eigenvalue weighted by molar-refractivity contribution is 0.0909. The van der Waals surface area contributed by atoms with E-state index >= 15 is 0 Å². The van der Waals surface area contributed by atoms with Gasteiger partial charge in [-0.25, -0.2) is 0 Å². The van der Waals surface area contributed by atoms with Crippen LogP contribution in [0.5, 0.6) is 5.75 Å². The number of benzene rings is 2. The molecule has 106 valence electrons. The van der Waals surface area contributed by atoms with Crippen molar-refractivity contribution >= 4 is 27.5 Å². The number of hydrogen-bond donors (Lipinski definition) is 1. The molecule has 2 aromatic carbocycles. The smallest absolute Gasteiger partial charge is 0.155 e. The summed E-state index contributed by atoms with van der Waals surface area (Å²) in [6.07, 6.45) is 0.727. The van der Waals surface area contributed by atoms with E-state index in [1.165, 1.54) is 0 Å². The standard InChI is InChI=1S/C16H17BrClNO/c1-3-16(2,19)20-14-6-4-5-13(15(14)17)11-7-9-12(18)10-8-11/h4-10H,3,19H2,1-2H3. The maximum atomic E-state index is 6.07. The summed E-state index contributed by atoms with van der Waals surface area (Å²) < 4.78 is 6.77. The first-order valence-electron chi connectivity index (χ1n) is 6.45. The lowest BCUT2D eigenvalue weighted by atomic mass is 10.1. The fraction of sp³-hybridized carbons (Fsp3) is 0.250. The molecule has 2 N–H and O–H groups in total. The van der Waals surface area contributed by atoms with Gasteiger partial charge in [0.15, 0.2) is 5.72 Å². The van der Waals surface area contributed by atoms with E-state index < -0.39 is 5.72 Å². The third-order valence-electron chi connectivity index (χ3n) is 3.16. The summed E-state index contributed by atoms with van der Waals surface area (Å²) in [6, 6.07) is 13.6. The van der Waals surface area contributed by atoms with Crippen molar-refractivity contribution in [2.24, 2.45) is 5.73 Å². The van der Waals surface area contributed by atoms with E-state index in [1.807, 2.05) is 56.3 Å². The van der Waals surface area contributed by atoms with Crippen LogP contribution in [0.3, 0.4) is 0 Å². The average Bonchev–Trinajstić information content (AvgIpc) is 2.42. The van der Waals surface area contributed by atoms with Crippen LogP contribution in [0.1, 0.15) is 20.3 Å². The van der Waals surface area contributed by atoms with Crippen LogP contribution in [-0.4, -0.2) is 5.72 Å². The van der Waals surface area contributed by atoms with Crippen molar-refractivity contribution in [3.8, 4) is 16.9 Å². The summed E-state index contributed by atoms with van der Waals surface area (Å²) in [6.45, 7) is 3.87. The molecular weight excluding hydrogens is 338 g/mol. The Kier molecular flexibility index (Phi) is 4.74. The molecule has 0 amide bonds. The first-order valence-corrected chi connectivity index (χ1v) is 7.62. The number of hydrogen-bond acceptors (Lipinski definition) is 2. The zero-order chi connectivity index (χ0) is 14.8. The Morgan fingerprint density at radius 2 is 1.85 bits per heavy atom. The molecule has 1 atom stereocenters. The maximum Gasteiger partial charge on any atom is 0.155 e. The molecule has 1 unspecified atom stereocenters. The van der Waals surface area contributed by atoms with Gasteiger partial charge in [-0.2, -0.15) is 0 Å². The molecule has 0 saturated heterocycles. The van der Waals surface area contributed by atoms with E-state index in [2.05, 4.69) is 15.9 Å². The highest BCUT2D eigenvalue weighted by molar-refractivity contribution is 9.10. The summed E-state index contributed by atoms with van der Waals surface area (Å²) in [5.74, 6) is 0.740. The van der Waals surface area contributed by atoms with Crippen molar-refractivity contribution in [1.29, 1.82) is 0 Å². The van der Waals surface area contributed by atoms with Gasteiger partial charge in [-0.05, 0) is 58.6 Å². The van der Waals surface area contributed by atoms with Crippen LogP contribution in [0.15, 0.2) is 46.9 Å². The number of rotatable bonds is 4. The Bertz CT molecular complexity index is 596. The van der Waals surface area contributed by atoms with Crippen LogP contribution in [-0.2, 0) is 0 Å². The molecule has 0 spiro atoms. The Morgan fingerprint density at radius 3 is 2.45 bits per heavy atom. The van der Waals surface area contributed by atoms with Crippen molar-refractivity contribution < 1.29 is 4.74 Å². The van der Waals surface area contributed by atoms with Gasteiger partial charge in [0, 0.05) is 5.02 Å². The van der Waals surface area contributed by atoms with Crippen LogP contribution < -0.4 is 10.5 Å². The van der Waals surface area contributed by atoms with Gasteiger partial charge in [0.25, 0.3) is 0 Å². The second kappa shape index (κ2) is 6.17. The van der Waals surface area contributed by atoms with E-state index in [1.54, 1.807) is 0 Å². The molecule has 4 heteroatoms. The Labute approximate surface area is 133 Å². The summed E-state index contributed by atoms with van der Waals surface area (Å²) >= 11 is 9.53. The normalized spacial score (nSPS) is 13.8. The van der Waals surface area contributed by atoms with Gasteiger partial charge in [0.2, 0.25) is 0 Å². The van der Waals surface area contributed by atoms with E-state index in [4.69, 9.17) is 22.1 Å². The summed E-state index contributed by atoms with van der Waals surface area (Å²) in [7, 11) is 0. The van der Waals surface area contributed by atoms with Crippen LogP contribution in [0.4, 0.5) is 0 Å². The minimum atomic E-state index is -0.679. The minimum Gasteiger partial charge on any atom is -0.472 e. The minimum absolute atomic E-state index is 0.679. The van der Waals surface area contributed by atoms with Crippen LogP contribution >= 0.6 is 27.5 Å². The highest BCUT2D eigenvalue weighted by Crippen LogP contribution is 2.37. The second-order valence-electron chi connectivity index (χ2n) is 4.89.